The highest BCUT2D eigenvalue weighted by Gasteiger charge is 2.25. The largest absolute Gasteiger partial charge is 0.481 e. The summed E-state index contributed by atoms with van der Waals surface area (Å²) in [6.07, 6.45) is -0.467. The number of ketones is 1. The van der Waals surface area contributed by atoms with Gasteiger partial charge in [-0.3, -0.25) is 14.2 Å². The average molecular weight is 521 g/mol. The molecule has 184 valence electrons. The maximum atomic E-state index is 13.0. The summed E-state index contributed by atoms with van der Waals surface area (Å²) in [5.41, 5.74) is 1.94. The fourth-order valence-corrected chi connectivity index (χ4v) is 4.55. The van der Waals surface area contributed by atoms with Gasteiger partial charge in [-0.05, 0) is 57.2 Å². The van der Waals surface area contributed by atoms with E-state index in [1.807, 2.05) is 54.0 Å². The minimum absolute atomic E-state index is 0.0647. The van der Waals surface area contributed by atoms with Crippen molar-refractivity contribution in [2.24, 2.45) is 0 Å². The van der Waals surface area contributed by atoms with Crippen LogP contribution in [0.5, 0.6) is 5.75 Å². The summed E-state index contributed by atoms with van der Waals surface area (Å²) in [6, 6.07) is 23.8. The SMILES string of the molecule is CC(=O)c1cccc(NC(=O)C(C)Sc2nnc(C(C)Oc3ccccc3Cl)n2-c2ccccc2)c1. The van der Waals surface area contributed by atoms with E-state index in [-0.39, 0.29) is 11.7 Å². The van der Waals surface area contributed by atoms with Gasteiger partial charge in [0.15, 0.2) is 22.9 Å². The van der Waals surface area contributed by atoms with E-state index >= 15 is 0 Å². The van der Waals surface area contributed by atoms with Crippen molar-refractivity contribution in [2.75, 3.05) is 5.32 Å². The number of halogens is 1. The molecule has 36 heavy (non-hydrogen) atoms. The lowest BCUT2D eigenvalue weighted by Crippen LogP contribution is -2.23. The molecule has 1 N–H and O–H groups in total. The van der Waals surface area contributed by atoms with Crippen molar-refractivity contribution in [3.8, 4) is 11.4 Å². The smallest absolute Gasteiger partial charge is 0.237 e. The lowest BCUT2D eigenvalue weighted by molar-refractivity contribution is -0.115. The number of nitrogens with one attached hydrogen (secondary N) is 1. The van der Waals surface area contributed by atoms with Crippen LogP contribution < -0.4 is 10.1 Å². The van der Waals surface area contributed by atoms with Crippen molar-refractivity contribution in [2.45, 2.75) is 37.3 Å². The van der Waals surface area contributed by atoms with Crippen LogP contribution in [0.2, 0.25) is 5.02 Å². The number of carbonyl (C=O) groups excluding carboxylic acids is 2. The first-order chi connectivity index (χ1) is 17.3. The maximum Gasteiger partial charge on any atom is 0.237 e. The highest BCUT2D eigenvalue weighted by Crippen LogP contribution is 2.32. The molecule has 1 amide bonds. The van der Waals surface area contributed by atoms with Crippen LogP contribution in [0.1, 0.15) is 43.1 Å². The monoisotopic (exact) mass is 520 g/mol. The molecular weight excluding hydrogens is 496 g/mol. The number of Topliss-reactive ketones (excluding diaryl/α,β-unsaturated/α-hetero) is 1. The summed E-state index contributed by atoms with van der Waals surface area (Å²) in [4.78, 5) is 24.6. The van der Waals surface area contributed by atoms with Gasteiger partial charge in [0.05, 0.1) is 10.3 Å². The van der Waals surface area contributed by atoms with Crippen molar-refractivity contribution < 1.29 is 14.3 Å². The van der Waals surface area contributed by atoms with Gasteiger partial charge >= 0.3 is 0 Å². The van der Waals surface area contributed by atoms with Crippen molar-refractivity contribution in [1.82, 2.24) is 14.8 Å². The third-order valence-electron chi connectivity index (χ3n) is 5.36. The second-order valence-corrected chi connectivity index (χ2v) is 9.80. The van der Waals surface area contributed by atoms with Crippen LogP contribution in [0.15, 0.2) is 84.0 Å². The van der Waals surface area contributed by atoms with Crippen molar-refractivity contribution in [3.05, 3.63) is 95.3 Å². The normalized spacial score (nSPS) is 12.6. The molecule has 0 aliphatic carbocycles. The fourth-order valence-electron chi connectivity index (χ4n) is 3.50. The molecular formula is C27H25ClN4O3S. The van der Waals surface area contributed by atoms with Crippen molar-refractivity contribution >= 4 is 40.7 Å². The fraction of sp³-hybridized carbons (Fsp3) is 0.185. The van der Waals surface area contributed by atoms with Crippen LogP contribution in [-0.2, 0) is 4.79 Å². The van der Waals surface area contributed by atoms with Crippen molar-refractivity contribution in [1.29, 1.82) is 0 Å². The molecule has 1 heterocycles. The van der Waals surface area contributed by atoms with E-state index in [4.69, 9.17) is 16.3 Å². The summed E-state index contributed by atoms with van der Waals surface area (Å²) >= 11 is 7.56. The number of rotatable bonds is 9. The number of anilines is 1. The van der Waals surface area contributed by atoms with Gasteiger partial charge in [0.1, 0.15) is 5.75 Å². The number of benzene rings is 3. The number of aromatic nitrogens is 3. The Hall–Kier alpha value is -3.62. The third-order valence-corrected chi connectivity index (χ3v) is 6.72. The van der Waals surface area contributed by atoms with Gasteiger partial charge in [-0.1, -0.05) is 65.8 Å². The van der Waals surface area contributed by atoms with Gasteiger partial charge in [0.25, 0.3) is 0 Å². The summed E-state index contributed by atoms with van der Waals surface area (Å²) < 4.78 is 7.98. The van der Waals surface area contributed by atoms with Crippen LogP contribution in [0.4, 0.5) is 5.69 Å². The minimum atomic E-state index is -0.495. The molecule has 0 radical (unpaired) electrons. The lowest BCUT2D eigenvalue weighted by Gasteiger charge is -2.18. The molecule has 2 atom stereocenters. The van der Waals surface area contributed by atoms with Crippen LogP contribution in [0.25, 0.3) is 5.69 Å². The highest BCUT2D eigenvalue weighted by atomic mass is 35.5. The van der Waals surface area contributed by atoms with E-state index < -0.39 is 11.4 Å². The third kappa shape index (κ3) is 5.95. The molecule has 4 aromatic rings. The number of hydrogen-bond donors (Lipinski definition) is 1. The van der Waals surface area contributed by atoms with Gasteiger partial charge in [0, 0.05) is 16.9 Å². The topological polar surface area (TPSA) is 86.1 Å². The van der Waals surface area contributed by atoms with E-state index in [2.05, 4.69) is 15.5 Å². The number of amides is 1. The predicted molar refractivity (Wildman–Crippen MR) is 142 cm³/mol. The van der Waals surface area contributed by atoms with E-state index in [1.165, 1.54) is 18.7 Å². The van der Waals surface area contributed by atoms with Gasteiger partial charge in [-0.25, -0.2) is 0 Å². The Morgan fingerprint density at radius 1 is 0.972 bits per heavy atom. The Morgan fingerprint density at radius 3 is 2.42 bits per heavy atom. The second kappa shape index (κ2) is 11.4. The molecule has 3 aromatic carbocycles. The zero-order chi connectivity index (χ0) is 25.7. The molecule has 0 spiro atoms. The van der Waals surface area contributed by atoms with E-state index in [1.54, 1.807) is 43.3 Å². The second-order valence-electron chi connectivity index (χ2n) is 8.09. The summed E-state index contributed by atoms with van der Waals surface area (Å²) in [5, 5.41) is 12.2. The minimum Gasteiger partial charge on any atom is -0.481 e. The molecule has 0 saturated heterocycles. The zero-order valence-corrected chi connectivity index (χ0v) is 21.6. The molecule has 0 saturated carbocycles. The van der Waals surface area contributed by atoms with Gasteiger partial charge in [-0.2, -0.15) is 0 Å². The first kappa shape index (κ1) is 25.5. The first-order valence-corrected chi connectivity index (χ1v) is 12.6. The Morgan fingerprint density at radius 2 is 1.69 bits per heavy atom. The molecule has 2 unspecified atom stereocenters. The maximum absolute atomic E-state index is 13.0. The number of hydrogen-bond acceptors (Lipinski definition) is 6. The standard InChI is InChI=1S/C27H25ClN4O3S/c1-17(33)20-10-9-11-21(16-20)29-26(34)19(3)36-27-31-30-25(32(27)22-12-5-4-6-13-22)18(2)35-24-15-8-7-14-23(24)28/h4-16,18-19H,1-3H3,(H,29,34). The summed E-state index contributed by atoms with van der Waals surface area (Å²) in [7, 11) is 0. The van der Waals surface area contributed by atoms with Crippen LogP contribution >= 0.6 is 23.4 Å². The quantitative estimate of drug-likeness (QED) is 0.203. The van der Waals surface area contributed by atoms with Gasteiger partial charge in [-0.15, -0.1) is 10.2 Å². The number of thioether (sulfide) groups is 1. The Bertz CT molecular complexity index is 1380. The molecule has 0 bridgehead atoms. The average Bonchev–Trinajstić information content (AvgIpc) is 3.29. The van der Waals surface area contributed by atoms with Crippen LogP contribution in [-0.4, -0.2) is 31.7 Å². The zero-order valence-electron chi connectivity index (χ0n) is 20.0. The molecule has 9 heteroatoms. The summed E-state index contributed by atoms with van der Waals surface area (Å²) in [6.45, 7) is 5.16. The molecule has 0 aliphatic heterocycles. The summed E-state index contributed by atoms with van der Waals surface area (Å²) in [5.74, 6) is 0.838. The Kier molecular flexibility index (Phi) is 8.07. The molecule has 0 aliphatic rings. The lowest BCUT2D eigenvalue weighted by atomic mass is 10.1. The van der Waals surface area contributed by atoms with Crippen LogP contribution in [0, 0.1) is 0 Å². The van der Waals surface area contributed by atoms with Crippen molar-refractivity contribution in [3.63, 3.8) is 0 Å². The Balaban J connectivity index is 1.58. The first-order valence-electron chi connectivity index (χ1n) is 11.3. The van der Waals surface area contributed by atoms with E-state index in [0.717, 1.165) is 5.69 Å². The van der Waals surface area contributed by atoms with Gasteiger partial charge in [0.2, 0.25) is 5.91 Å². The number of para-hydroxylation sites is 2. The molecule has 0 fully saturated rings. The van der Waals surface area contributed by atoms with E-state index in [9.17, 15) is 9.59 Å². The predicted octanol–water partition coefficient (Wildman–Crippen LogP) is 6.38. The van der Waals surface area contributed by atoms with E-state index in [0.29, 0.717) is 33.0 Å². The molecule has 4 rings (SSSR count). The van der Waals surface area contributed by atoms with Gasteiger partial charge < -0.3 is 10.1 Å². The number of carbonyl (C=O) groups is 2. The Labute approximate surface area is 218 Å². The molecule has 7 nitrogen and oxygen atoms in total. The number of ether oxygens (including phenoxy) is 1. The van der Waals surface area contributed by atoms with Crippen LogP contribution in [0.3, 0.4) is 0 Å². The number of nitrogens with zero attached hydrogens (tertiary/aromatic N) is 3. The highest BCUT2D eigenvalue weighted by molar-refractivity contribution is 8.00. The molecule has 1 aromatic heterocycles.